The van der Waals surface area contributed by atoms with Gasteiger partial charge >= 0.3 is 0 Å². The molecule has 1 aromatic heterocycles. The molecule has 0 amide bonds. The highest BCUT2D eigenvalue weighted by atomic mass is 79.9. The molecule has 0 saturated heterocycles. The maximum Gasteiger partial charge on any atom is 0.294 e. The van der Waals surface area contributed by atoms with Crippen molar-refractivity contribution < 1.29 is 13.0 Å². The third kappa shape index (κ3) is 8.87. The number of unbranched alkanes of at least 4 members (excludes halogenated alkanes) is 12. The maximum absolute atomic E-state index is 12.5. The van der Waals surface area contributed by atoms with Crippen molar-refractivity contribution in [3.63, 3.8) is 0 Å². The van der Waals surface area contributed by atoms with Gasteiger partial charge in [-0.15, -0.1) is 0 Å². The number of halogens is 1. The van der Waals surface area contributed by atoms with E-state index >= 15 is 0 Å². The van der Waals surface area contributed by atoms with Crippen molar-refractivity contribution >= 4 is 26.0 Å². The van der Waals surface area contributed by atoms with E-state index < -0.39 is 10.1 Å². The zero-order valence-corrected chi connectivity index (χ0v) is 21.5. The van der Waals surface area contributed by atoms with Gasteiger partial charge in [-0.25, -0.2) is 4.68 Å². The predicted molar refractivity (Wildman–Crippen MR) is 133 cm³/mol. The summed E-state index contributed by atoms with van der Waals surface area (Å²) in [5, 5.41) is 3.11. The van der Waals surface area contributed by atoms with E-state index in [0.29, 0.717) is 10.2 Å². The van der Waals surface area contributed by atoms with E-state index in [4.69, 9.17) is 4.55 Å². The lowest BCUT2D eigenvalue weighted by atomic mass is 10.0. The maximum atomic E-state index is 12.5. The van der Waals surface area contributed by atoms with Crippen LogP contribution >= 0.6 is 15.9 Å². The molecule has 0 aliphatic heterocycles. The van der Waals surface area contributed by atoms with E-state index in [1.54, 1.807) is 0 Å². The SMILES string of the molecule is CCCCCCCCCCCCCCCc1[nH]n(-c2ccc(S(=O)(=O)O)cc2)c(=O)c1Br. The Morgan fingerprint density at radius 2 is 1.31 bits per heavy atom. The summed E-state index contributed by atoms with van der Waals surface area (Å²) in [5.41, 5.74) is 1.14. The molecule has 0 spiro atoms. The predicted octanol–water partition coefficient (Wildman–Crippen LogP) is 6.81. The third-order valence-corrected chi connectivity index (χ3v) is 7.51. The number of aromatic amines is 1. The minimum Gasteiger partial charge on any atom is -0.294 e. The number of nitrogens with zero attached hydrogens (tertiary/aromatic N) is 1. The van der Waals surface area contributed by atoms with Crippen molar-refractivity contribution in [1.82, 2.24) is 9.78 Å². The van der Waals surface area contributed by atoms with Crippen LogP contribution in [0.15, 0.2) is 38.4 Å². The number of benzene rings is 1. The molecule has 6 nitrogen and oxygen atoms in total. The number of hydrogen-bond donors (Lipinski definition) is 2. The second kappa shape index (κ2) is 14.0. The zero-order valence-electron chi connectivity index (χ0n) is 19.1. The van der Waals surface area contributed by atoms with Crippen LogP contribution < -0.4 is 5.56 Å². The Hall–Kier alpha value is -1.38. The van der Waals surface area contributed by atoms with Crippen LogP contribution in [-0.2, 0) is 16.5 Å². The first-order valence-corrected chi connectivity index (χ1v) is 14.1. The summed E-state index contributed by atoms with van der Waals surface area (Å²) in [6.07, 6.45) is 17.7. The lowest BCUT2D eigenvalue weighted by molar-refractivity contribution is 0.483. The number of aryl methyl sites for hydroxylation is 1. The van der Waals surface area contributed by atoms with Gasteiger partial charge in [-0.1, -0.05) is 84.0 Å². The standard InChI is InChI=1S/C24H37BrN2O4S/c1-2-3-4-5-6-7-8-9-10-11-12-13-14-15-22-23(25)24(28)27(26-22)20-16-18-21(19-17-20)32(29,30)31/h16-19,26H,2-15H2,1H3,(H,29,30,31). The van der Waals surface area contributed by atoms with Gasteiger partial charge in [0.25, 0.3) is 15.7 Å². The van der Waals surface area contributed by atoms with Gasteiger partial charge in [-0.2, -0.15) is 8.42 Å². The first kappa shape index (κ1) is 26.9. The lowest BCUT2D eigenvalue weighted by Gasteiger charge is -2.04. The van der Waals surface area contributed by atoms with Crippen LogP contribution in [0.3, 0.4) is 0 Å². The summed E-state index contributed by atoms with van der Waals surface area (Å²) in [5.74, 6) is 0. The molecule has 32 heavy (non-hydrogen) atoms. The molecule has 1 aromatic carbocycles. The van der Waals surface area contributed by atoms with Crippen molar-refractivity contribution in [2.24, 2.45) is 0 Å². The van der Waals surface area contributed by atoms with E-state index in [9.17, 15) is 13.2 Å². The largest absolute Gasteiger partial charge is 0.294 e. The molecule has 180 valence electrons. The molecular formula is C24H37BrN2O4S. The van der Waals surface area contributed by atoms with Gasteiger partial charge in [0.1, 0.15) is 4.47 Å². The lowest BCUT2D eigenvalue weighted by Crippen LogP contribution is -2.14. The van der Waals surface area contributed by atoms with Crippen LogP contribution in [0, 0.1) is 0 Å². The van der Waals surface area contributed by atoms with Crippen LogP contribution in [0.25, 0.3) is 5.69 Å². The molecule has 1 heterocycles. The number of rotatable bonds is 16. The smallest absolute Gasteiger partial charge is 0.294 e. The highest BCUT2D eigenvalue weighted by Crippen LogP contribution is 2.18. The monoisotopic (exact) mass is 528 g/mol. The molecule has 0 atom stereocenters. The normalized spacial score (nSPS) is 11.8. The van der Waals surface area contributed by atoms with E-state index in [-0.39, 0.29) is 10.5 Å². The molecule has 0 saturated carbocycles. The van der Waals surface area contributed by atoms with Crippen molar-refractivity contribution in [1.29, 1.82) is 0 Å². The molecule has 2 aromatic rings. The van der Waals surface area contributed by atoms with Gasteiger partial charge in [-0.3, -0.25) is 14.4 Å². The zero-order chi connectivity index (χ0) is 23.4. The molecular weight excluding hydrogens is 492 g/mol. The van der Waals surface area contributed by atoms with Crippen LogP contribution in [0.4, 0.5) is 0 Å². The fourth-order valence-electron chi connectivity index (χ4n) is 3.90. The van der Waals surface area contributed by atoms with Crippen molar-refractivity contribution in [3.8, 4) is 5.69 Å². The second-order valence-corrected chi connectivity index (χ2v) is 10.7. The summed E-state index contributed by atoms with van der Waals surface area (Å²) >= 11 is 3.38. The Balaban J connectivity index is 1.68. The van der Waals surface area contributed by atoms with Crippen molar-refractivity contribution in [3.05, 3.63) is 44.8 Å². The van der Waals surface area contributed by atoms with E-state index in [2.05, 4.69) is 28.0 Å². The molecule has 0 unspecified atom stereocenters. The fraction of sp³-hybridized carbons (Fsp3) is 0.625. The first-order chi connectivity index (χ1) is 15.3. The molecule has 2 N–H and O–H groups in total. The van der Waals surface area contributed by atoms with E-state index in [0.717, 1.165) is 25.0 Å². The highest BCUT2D eigenvalue weighted by molar-refractivity contribution is 9.10. The molecule has 0 aliphatic rings. The fourth-order valence-corrected chi connectivity index (χ4v) is 4.84. The second-order valence-electron chi connectivity index (χ2n) is 8.51. The minimum absolute atomic E-state index is 0.202. The van der Waals surface area contributed by atoms with Crippen LogP contribution in [-0.4, -0.2) is 22.8 Å². The van der Waals surface area contributed by atoms with Crippen LogP contribution in [0.5, 0.6) is 0 Å². The molecule has 0 radical (unpaired) electrons. The summed E-state index contributed by atoms with van der Waals surface area (Å²) in [6, 6.07) is 5.53. The molecule has 2 rings (SSSR count). The summed E-state index contributed by atoms with van der Waals surface area (Å²) in [4.78, 5) is 12.3. The number of aromatic nitrogens is 2. The Labute approximate surface area is 200 Å². The number of H-pyrrole nitrogens is 1. The van der Waals surface area contributed by atoms with Gasteiger partial charge in [-0.05, 0) is 53.0 Å². The average molecular weight is 530 g/mol. The Morgan fingerprint density at radius 1 is 0.844 bits per heavy atom. The topological polar surface area (TPSA) is 92.2 Å². The Morgan fingerprint density at radius 3 is 1.78 bits per heavy atom. The first-order valence-electron chi connectivity index (χ1n) is 11.9. The van der Waals surface area contributed by atoms with Crippen LogP contribution in [0.2, 0.25) is 0 Å². The molecule has 0 bridgehead atoms. The molecule has 8 heteroatoms. The van der Waals surface area contributed by atoms with Crippen LogP contribution in [0.1, 0.15) is 96.1 Å². The van der Waals surface area contributed by atoms with E-state index in [1.807, 2.05) is 0 Å². The van der Waals surface area contributed by atoms with Gasteiger partial charge in [0.15, 0.2) is 0 Å². The van der Waals surface area contributed by atoms with Crippen molar-refractivity contribution in [2.75, 3.05) is 0 Å². The Kier molecular flexibility index (Phi) is 11.8. The van der Waals surface area contributed by atoms with Gasteiger partial charge in [0.05, 0.1) is 16.3 Å². The minimum atomic E-state index is -4.25. The van der Waals surface area contributed by atoms with Gasteiger partial charge < -0.3 is 0 Å². The number of nitrogens with one attached hydrogen (secondary N) is 1. The number of hydrogen-bond acceptors (Lipinski definition) is 3. The Bertz CT molecular complexity index is 965. The van der Waals surface area contributed by atoms with Gasteiger partial charge in [0.2, 0.25) is 0 Å². The third-order valence-electron chi connectivity index (χ3n) is 5.83. The molecule has 0 aliphatic carbocycles. The summed E-state index contributed by atoms with van der Waals surface area (Å²) in [7, 11) is -4.25. The molecule has 0 fully saturated rings. The van der Waals surface area contributed by atoms with Crippen molar-refractivity contribution in [2.45, 2.75) is 102 Å². The van der Waals surface area contributed by atoms with E-state index in [1.165, 1.54) is 99.6 Å². The average Bonchev–Trinajstić information content (AvgIpc) is 3.05. The summed E-state index contributed by atoms with van der Waals surface area (Å²) in [6.45, 7) is 2.26. The summed E-state index contributed by atoms with van der Waals surface area (Å²) < 4.78 is 33.3. The quantitative estimate of drug-likeness (QED) is 0.185. The van der Waals surface area contributed by atoms with Gasteiger partial charge in [0, 0.05) is 0 Å². The highest BCUT2D eigenvalue weighted by Gasteiger charge is 2.14.